The fourth-order valence-corrected chi connectivity index (χ4v) is 5.95. The molecule has 0 amide bonds. The van der Waals surface area contributed by atoms with Crippen LogP contribution in [0.25, 0.3) is 0 Å². The summed E-state index contributed by atoms with van der Waals surface area (Å²) in [6.45, 7) is 8.33. The van der Waals surface area contributed by atoms with Crippen molar-refractivity contribution in [2.24, 2.45) is 0 Å². The van der Waals surface area contributed by atoms with E-state index < -0.39 is 10.0 Å². The highest BCUT2D eigenvalue weighted by molar-refractivity contribution is 7.89. The zero-order chi connectivity index (χ0) is 18.2. The van der Waals surface area contributed by atoms with Gasteiger partial charge in [-0.05, 0) is 51.2 Å². The van der Waals surface area contributed by atoms with Crippen LogP contribution in [0.5, 0.6) is 0 Å². The van der Waals surface area contributed by atoms with Crippen LogP contribution < -0.4 is 0 Å². The van der Waals surface area contributed by atoms with Crippen molar-refractivity contribution >= 4 is 10.0 Å². The summed E-state index contributed by atoms with van der Waals surface area (Å²) in [7, 11) is -3.57. The molecule has 1 saturated heterocycles. The highest BCUT2D eigenvalue weighted by Gasteiger charge is 2.39. The smallest absolute Gasteiger partial charge is 0.244 e. The number of hydrogen-bond donors (Lipinski definition) is 0. The van der Waals surface area contributed by atoms with Gasteiger partial charge in [0.2, 0.25) is 10.0 Å². The van der Waals surface area contributed by atoms with Gasteiger partial charge in [0.1, 0.15) is 11.5 Å². The highest BCUT2D eigenvalue weighted by Crippen LogP contribution is 2.38. The van der Waals surface area contributed by atoms with Gasteiger partial charge in [0, 0.05) is 19.0 Å². The maximum absolute atomic E-state index is 13.4. The molecule has 5 nitrogen and oxygen atoms in total. The molecule has 1 atom stereocenters. The summed E-state index contributed by atoms with van der Waals surface area (Å²) in [6, 6.07) is 5.54. The third-order valence-corrected chi connectivity index (χ3v) is 7.00. The van der Waals surface area contributed by atoms with E-state index in [0.29, 0.717) is 11.4 Å². The highest BCUT2D eigenvalue weighted by atomic mass is 32.2. The zero-order valence-corrected chi connectivity index (χ0v) is 16.2. The summed E-state index contributed by atoms with van der Waals surface area (Å²) in [6.07, 6.45) is 3.41. The van der Waals surface area contributed by atoms with E-state index >= 15 is 0 Å². The Balaban J connectivity index is 1.98. The molecule has 0 saturated carbocycles. The molecule has 1 aliphatic heterocycles. The molecule has 2 heterocycles. The van der Waals surface area contributed by atoms with Crippen LogP contribution in [-0.2, 0) is 16.4 Å². The van der Waals surface area contributed by atoms with Gasteiger partial charge < -0.3 is 4.52 Å². The molecule has 1 fully saturated rings. The van der Waals surface area contributed by atoms with Crippen LogP contribution in [-0.4, -0.2) is 24.4 Å². The first-order valence-corrected chi connectivity index (χ1v) is 10.3. The third kappa shape index (κ3) is 3.37. The van der Waals surface area contributed by atoms with Gasteiger partial charge in [0.15, 0.2) is 0 Å². The van der Waals surface area contributed by atoms with Crippen molar-refractivity contribution < 1.29 is 12.9 Å². The Morgan fingerprint density at radius 1 is 1.20 bits per heavy atom. The molecule has 6 heteroatoms. The number of benzene rings is 1. The second kappa shape index (κ2) is 6.92. The van der Waals surface area contributed by atoms with Gasteiger partial charge in [-0.3, -0.25) is 0 Å². The fraction of sp³-hybridized carbons (Fsp3) is 0.526. The number of hydrogen-bond acceptors (Lipinski definition) is 4. The molecule has 1 aliphatic rings. The predicted octanol–water partition coefficient (Wildman–Crippen LogP) is 4.08. The van der Waals surface area contributed by atoms with Crippen LogP contribution in [0.4, 0.5) is 0 Å². The van der Waals surface area contributed by atoms with Crippen molar-refractivity contribution in [1.82, 2.24) is 9.46 Å². The monoisotopic (exact) mass is 362 g/mol. The number of nitrogens with zero attached hydrogens (tertiary/aromatic N) is 2. The number of sulfonamides is 1. The van der Waals surface area contributed by atoms with Crippen molar-refractivity contribution in [3.63, 3.8) is 0 Å². The molecule has 0 spiro atoms. The van der Waals surface area contributed by atoms with Gasteiger partial charge in [-0.15, -0.1) is 0 Å². The maximum atomic E-state index is 13.4. The van der Waals surface area contributed by atoms with Gasteiger partial charge in [0.05, 0.1) is 10.9 Å². The molecule has 1 aromatic carbocycles. The molecule has 0 aliphatic carbocycles. The van der Waals surface area contributed by atoms with E-state index in [-0.39, 0.29) is 6.04 Å². The quantitative estimate of drug-likeness (QED) is 0.804. The lowest BCUT2D eigenvalue weighted by Gasteiger charge is -2.24. The Bertz CT molecular complexity index is 848. The number of aryl methyl sites for hydroxylation is 4. The molecule has 0 N–H and O–H groups in total. The van der Waals surface area contributed by atoms with E-state index in [1.165, 1.54) is 0 Å². The molecule has 1 aromatic heterocycles. The Labute approximate surface area is 150 Å². The lowest BCUT2D eigenvalue weighted by molar-refractivity contribution is 0.343. The third-order valence-electron chi connectivity index (χ3n) is 4.79. The average molecular weight is 362 g/mol. The summed E-state index contributed by atoms with van der Waals surface area (Å²) in [5.74, 6) is 0.824. The minimum atomic E-state index is -3.57. The van der Waals surface area contributed by atoms with Crippen molar-refractivity contribution in [2.75, 3.05) is 6.54 Å². The molecule has 0 radical (unpaired) electrons. The van der Waals surface area contributed by atoms with Crippen molar-refractivity contribution in [3.8, 4) is 0 Å². The summed E-state index contributed by atoms with van der Waals surface area (Å²) in [4.78, 5) is 0.433. The van der Waals surface area contributed by atoms with Gasteiger partial charge in [-0.25, -0.2) is 8.42 Å². The van der Waals surface area contributed by atoms with Crippen LogP contribution in [0, 0.1) is 20.8 Å². The zero-order valence-electron chi connectivity index (χ0n) is 15.4. The Morgan fingerprint density at radius 2 is 1.88 bits per heavy atom. The Morgan fingerprint density at radius 3 is 2.52 bits per heavy atom. The van der Waals surface area contributed by atoms with E-state index in [4.69, 9.17) is 4.52 Å². The van der Waals surface area contributed by atoms with Gasteiger partial charge >= 0.3 is 0 Å². The normalized spacial score (nSPS) is 18.8. The van der Waals surface area contributed by atoms with Gasteiger partial charge in [-0.1, -0.05) is 29.8 Å². The van der Waals surface area contributed by atoms with Crippen LogP contribution >= 0.6 is 0 Å². The van der Waals surface area contributed by atoms with Crippen LogP contribution in [0.15, 0.2) is 27.6 Å². The van der Waals surface area contributed by atoms with Gasteiger partial charge in [0.25, 0.3) is 0 Å². The SMILES string of the molecule is CCCc1cc([C@@H]2CCCN2S(=O)(=O)c2c(C)cc(C)cc2C)no1. The number of aromatic nitrogens is 1. The molecule has 136 valence electrons. The van der Waals surface area contributed by atoms with E-state index in [1.807, 2.05) is 39.0 Å². The Hall–Kier alpha value is -1.66. The summed E-state index contributed by atoms with van der Waals surface area (Å²) in [5.41, 5.74) is 3.41. The van der Waals surface area contributed by atoms with E-state index in [0.717, 1.165) is 53.8 Å². The summed E-state index contributed by atoms with van der Waals surface area (Å²) >= 11 is 0. The van der Waals surface area contributed by atoms with E-state index in [1.54, 1.807) is 4.31 Å². The largest absolute Gasteiger partial charge is 0.361 e. The predicted molar refractivity (Wildman–Crippen MR) is 97.0 cm³/mol. The second-order valence-corrected chi connectivity index (χ2v) is 8.80. The lowest BCUT2D eigenvalue weighted by atomic mass is 10.1. The first kappa shape index (κ1) is 18.1. The Kier molecular flexibility index (Phi) is 5.02. The second-order valence-electron chi connectivity index (χ2n) is 6.97. The average Bonchev–Trinajstić information content (AvgIpc) is 3.14. The first-order valence-electron chi connectivity index (χ1n) is 8.89. The molecule has 2 aromatic rings. The molecule has 0 bridgehead atoms. The van der Waals surface area contributed by atoms with Crippen LogP contribution in [0.1, 0.15) is 60.4 Å². The van der Waals surface area contributed by atoms with Crippen molar-refractivity contribution in [2.45, 2.75) is 64.3 Å². The lowest BCUT2D eigenvalue weighted by Crippen LogP contribution is -2.32. The van der Waals surface area contributed by atoms with E-state index in [9.17, 15) is 8.42 Å². The first-order chi connectivity index (χ1) is 11.8. The van der Waals surface area contributed by atoms with Crippen molar-refractivity contribution in [1.29, 1.82) is 0 Å². The standard InChI is InChI=1S/C19H26N2O3S/c1-5-7-16-12-17(20-24-16)18-8-6-9-21(18)25(22,23)19-14(3)10-13(2)11-15(19)4/h10-12,18H,5-9H2,1-4H3/t18-/m0/s1. The van der Waals surface area contributed by atoms with E-state index in [2.05, 4.69) is 12.1 Å². The molecule has 0 unspecified atom stereocenters. The summed E-state index contributed by atoms with van der Waals surface area (Å²) < 4.78 is 33.7. The fourth-order valence-electron chi connectivity index (χ4n) is 3.86. The summed E-state index contributed by atoms with van der Waals surface area (Å²) in [5, 5.41) is 4.15. The van der Waals surface area contributed by atoms with Gasteiger partial charge in [-0.2, -0.15) is 4.31 Å². The number of rotatable bonds is 5. The van der Waals surface area contributed by atoms with Crippen LogP contribution in [0.2, 0.25) is 0 Å². The molecular weight excluding hydrogens is 336 g/mol. The topological polar surface area (TPSA) is 63.4 Å². The molecule has 3 rings (SSSR count). The maximum Gasteiger partial charge on any atom is 0.244 e. The minimum absolute atomic E-state index is 0.237. The van der Waals surface area contributed by atoms with Crippen LogP contribution in [0.3, 0.4) is 0 Å². The molecule has 25 heavy (non-hydrogen) atoms. The molecular formula is C19H26N2O3S. The van der Waals surface area contributed by atoms with Crippen molar-refractivity contribution in [3.05, 3.63) is 46.3 Å². The minimum Gasteiger partial charge on any atom is -0.361 e.